The van der Waals surface area contributed by atoms with Gasteiger partial charge in [-0.15, -0.1) is 0 Å². The van der Waals surface area contributed by atoms with Gasteiger partial charge in [-0.05, 0) is 140 Å². The topological polar surface area (TPSA) is 37.7 Å². The molecule has 1 aliphatic heterocycles. The molecule has 5 nitrogen and oxygen atoms in total. The number of fused-ring (bicyclic) bond motifs is 22. The Balaban J connectivity index is 1.01. The van der Waals surface area contributed by atoms with E-state index < -0.39 is 5.41 Å². The Morgan fingerprint density at radius 2 is 0.787 bits per heavy atom. The first-order chi connectivity index (χ1) is 39.7. The molecule has 3 aromatic heterocycles. The van der Waals surface area contributed by atoms with Gasteiger partial charge in [-0.2, -0.15) is 0 Å². The third kappa shape index (κ3) is 5.74. The highest BCUT2D eigenvalue weighted by molar-refractivity contribution is 6.19. The predicted molar refractivity (Wildman–Crippen MR) is 331 cm³/mol. The van der Waals surface area contributed by atoms with Gasteiger partial charge in [-0.3, -0.25) is 0 Å². The monoisotopic (exact) mass is 1020 g/mol. The molecule has 0 saturated carbocycles. The lowest BCUT2D eigenvalue weighted by molar-refractivity contribution is 0.668. The average molecular weight is 1020 g/mol. The molecule has 0 fully saturated rings. The normalized spacial score (nSPS) is 13.1. The molecule has 0 unspecified atom stereocenters. The van der Waals surface area contributed by atoms with E-state index in [9.17, 15) is 0 Å². The minimum atomic E-state index is -0.752. The van der Waals surface area contributed by atoms with E-state index in [1.807, 2.05) is 6.07 Å². The first-order valence-electron chi connectivity index (χ1n) is 27.5. The Labute approximate surface area is 459 Å². The van der Waals surface area contributed by atoms with Crippen LogP contribution in [-0.4, -0.2) is 4.57 Å². The second-order valence-corrected chi connectivity index (χ2v) is 21.5. The van der Waals surface area contributed by atoms with Crippen LogP contribution in [0, 0.1) is 0 Å². The number of nitrogens with zero attached hydrogens (tertiary/aromatic N) is 3. The van der Waals surface area contributed by atoms with Gasteiger partial charge in [0.2, 0.25) is 0 Å². The van der Waals surface area contributed by atoms with Crippen molar-refractivity contribution in [3.05, 3.63) is 295 Å². The van der Waals surface area contributed by atoms with Crippen molar-refractivity contribution in [3.8, 4) is 16.8 Å². The van der Waals surface area contributed by atoms with Crippen molar-refractivity contribution < 1.29 is 8.83 Å². The number of hydrogen-bond donors (Lipinski definition) is 0. The molecule has 16 aromatic rings. The second-order valence-electron chi connectivity index (χ2n) is 21.5. The van der Waals surface area contributed by atoms with Gasteiger partial charge in [0.1, 0.15) is 11.2 Å². The molecule has 1 spiro atoms. The van der Waals surface area contributed by atoms with E-state index in [1.54, 1.807) is 0 Å². The molecule has 0 radical (unpaired) electrons. The lowest BCUT2D eigenvalue weighted by atomic mass is 9.65. The molecule has 2 aliphatic rings. The summed E-state index contributed by atoms with van der Waals surface area (Å²) in [6, 6.07) is 100. The minimum Gasteiger partial charge on any atom is -0.454 e. The molecular formula is C75H45N3O2. The van der Waals surface area contributed by atoms with E-state index in [0.29, 0.717) is 0 Å². The highest BCUT2D eigenvalue weighted by atomic mass is 16.3. The molecule has 1 aliphatic carbocycles. The maximum atomic E-state index is 6.97. The van der Waals surface area contributed by atoms with Crippen LogP contribution in [0.15, 0.2) is 282 Å². The average Bonchev–Trinajstić information content (AvgIpc) is 4.45. The third-order valence-corrected chi connectivity index (χ3v) is 17.5. The first kappa shape index (κ1) is 43.5. The predicted octanol–water partition coefficient (Wildman–Crippen LogP) is 20.5. The van der Waals surface area contributed by atoms with E-state index in [1.165, 1.54) is 66.1 Å². The summed E-state index contributed by atoms with van der Waals surface area (Å²) in [6.45, 7) is 0. The van der Waals surface area contributed by atoms with Crippen molar-refractivity contribution in [2.45, 2.75) is 5.41 Å². The van der Waals surface area contributed by atoms with Crippen LogP contribution in [0.25, 0.3) is 104 Å². The van der Waals surface area contributed by atoms with Gasteiger partial charge in [0.25, 0.3) is 0 Å². The molecule has 0 amide bonds. The fourth-order valence-corrected chi connectivity index (χ4v) is 14.3. The minimum absolute atomic E-state index is 0.752. The maximum Gasteiger partial charge on any atom is 0.159 e. The van der Waals surface area contributed by atoms with E-state index in [4.69, 9.17) is 8.83 Å². The Hall–Kier alpha value is -10.6. The van der Waals surface area contributed by atoms with Crippen molar-refractivity contribution in [2.24, 2.45) is 0 Å². The summed E-state index contributed by atoms with van der Waals surface area (Å²) in [4.78, 5) is 4.80. The summed E-state index contributed by atoms with van der Waals surface area (Å²) < 4.78 is 16.4. The number of hydrogen-bond acceptors (Lipinski definition) is 4. The van der Waals surface area contributed by atoms with Crippen molar-refractivity contribution in [1.82, 2.24) is 4.57 Å². The Morgan fingerprint density at radius 3 is 1.39 bits per heavy atom. The lowest BCUT2D eigenvalue weighted by Gasteiger charge is -2.40. The van der Waals surface area contributed by atoms with E-state index in [-0.39, 0.29) is 0 Å². The van der Waals surface area contributed by atoms with Crippen LogP contribution in [0.3, 0.4) is 0 Å². The summed E-state index contributed by atoms with van der Waals surface area (Å²) in [5.74, 6) is 0. The fraction of sp³-hybridized carbons (Fsp3) is 0.0133. The molecule has 4 heterocycles. The third-order valence-electron chi connectivity index (χ3n) is 17.5. The lowest BCUT2D eigenvalue weighted by Crippen LogP contribution is -2.33. The summed E-state index contributed by atoms with van der Waals surface area (Å²) in [6.07, 6.45) is 0. The van der Waals surface area contributed by atoms with Crippen LogP contribution in [0.2, 0.25) is 0 Å². The van der Waals surface area contributed by atoms with Gasteiger partial charge in [-0.25, -0.2) is 0 Å². The second kappa shape index (κ2) is 16.2. The summed E-state index contributed by atoms with van der Waals surface area (Å²) in [7, 11) is 0. The first-order valence-corrected chi connectivity index (χ1v) is 27.5. The zero-order valence-corrected chi connectivity index (χ0v) is 43.1. The maximum absolute atomic E-state index is 6.97. The van der Waals surface area contributed by atoms with Gasteiger partial charge < -0.3 is 23.2 Å². The highest BCUT2D eigenvalue weighted by Gasteiger charge is 2.52. The van der Waals surface area contributed by atoms with Crippen LogP contribution in [0.4, 0.5) is 34.1 Å². The standard InChI is InChI=1S/C75H45N3O2/c1-3-21-48(22-4-1)76(66-33-17-29-56-54-27-11-15-35-68(54)79-73(56)66)50-39-42-64-58(43-50)59-44-51(77(49-23-5-2-6-24-49)67-34-18-30-57-55-28-12-16-36-69(55)80-74(57)67)45-63-72(59)78(64)65-32-14-13-31-60(65)75(63)61-40-37-46-19-7-9-25-52(46)70(61)71-53-26-10-8-20-47(53)38-41-62(71)75/h1-45H. The highest BCUT2D eigenvalue weighted by Crippen LogP contribution is 2.64. The summed E-state index contributed by atoms with van der Waals surface area (Å²) >= 11 is 0. The van der Waals surface area contributed by atoms with E-state index in [2.05, 4.69) is 281 Å². The van der Waals surface area contributed by atoms with E-state index >= 15 is 0 Å². The van der Waals surface area contributed by atoms with Gasteiger partial charge >= 0.3 is 0 Å². The molecule has 0 saturated heterocycles. The Kier molecular flexibility index (Phi) is 8.81. The van der Waals surface area contributed by atoms with Gasteiger partial charge in [-0.1, -0.05) is 188 Å². The number of benzene rings is 13. The molecule has 0 N–H and O–H groups in total. The number of aromatic nitrogens is 1. The van der Waals surface area contributed by atoms with Crippen LogP contribution < -0.4 is 9.80 Å². The number of anilines is 6. The van der Waals surface area contributed by atoms with Crippen LogP contribution >= 0.6 is 0 Å². The van der Waals surface area contributed by atoms with Crippen LogP contribution in [-0.2, 0) is 5.41 Å². The van der Waals surface area contributed by atoms with Crippen molar-refractivity contribution in [1.29, 1.82) is 0 Å². The summed E-state index contributed by atoms with van der Waals surface area (Å²) in [5, 5.41) is 11.6. The zero-order chi connectivity index (χ0) is 52.2. The van der Waals surface area contributed by atoms with Gasteiger partial charge in [0.15, 0.2) is 11.2 Å². The Morgan fingerprint density at radius 1 is 0.300 bits per heavy atom. The van der Waals surface area contributed by atoms with Crippen LogP contribution in [0.5, 0.6) is 0 Å². The van der Waals surface area contributed by atoms with Crippen molar-refractivity contribution >= 4 is 121 Å². The molecule has 0 bridgehead atoms. The van der Waals surface area contributed by atoms with Crippen molar-refractivity contribution in [2.75, 3.05) is 9.80 Å². The van der Waals surface area contributed by atoms with Crippen LogP contribution in [0.1, 0.15) is 22.3 Å². The molecule has 372 valence electrons. The molecule has 5 heteroatoms. The van der Waals surface area contributed by atoms with Gasteiger partial charge in [0.05, 0.1) is 33.5 Å². The molecule has 0 atom stereocenters. The van der Waals surface area contributed by atoms with Gasteiger partial charge in [0, 0.05) is 55.1 Å². The fourth-order valence-electron chi connectivity index (χ4n) is 14.3. The zero-order valence-electron chi connectivity index (χ0n) is 43.1. The molecule has 80 heavy (non-hydrogen) atoms. The van der Waals surface area contributed by atoms with E-state index in [0.717, 1.165) is 94.3 Å². The SMILES string of the molecule is c1ccc(N(c2ccc3c(c2)c2cc(N(c4ccccc4)c4cccc5c4oc4ccccc45)cc4c2n3-c2ccccc2C42c3ccc4ccccc4c3-c3c2ccc2ccccc32)c2cccc3c2oc2ccccc23)cc1. The van der Waals surface area contributed by atoms with Crippen molar-refractivity contribution in [3.63, 3.8) is 0 Å². The quantitative estimate of drug-likeness (QED) is 0.166. The number of para-hydroxylation sites is 7. The Bertz CT molecular complexity index is 5190. The smallest absolute Gasteiger partial charge is 0.159 e. The molecule has 18 rings (SSSR count). The number of furan rings is 2. The number of rotatable bonds is 6. The summed E-state index contributed by atoms with van der Waals surface area (Å²) in [5.41, 5.74) is 19.8. The molecule has 13 aromatic carbocycles. The molecular weight excluding hydrogens is 975 g/mol. The largest absolute Gasteiger partial charge is 0.454 e.